The zero-order valence-electron chi connectivity index (χ0n) is 17.4. The normalized spacial score (nSPS) is 12.1. The highest BCUT2D eigenvalue weighted by atomic mass is 16.4. The Morgan fingerprint density at radius 2 is 1.89 bits per heavy atom. The second kappa shape index (κ2) is 12.8. The fourth-order valence-corrected chi connectivity index (χ4v) is 3.02. The highest BCUT2D eigenvalue weighted by Crippen LogP contribution is 2.26. The van der Waals surface area contributed by atoms with E-state index in [2.05, 4.69) is 31.0 Å². The molecular formula is C22H35N3O3. The first-order chi connectivity index (χ1) is 13.4. The molecule has 0 bridgehead atoms. The molecule has 28 heavy (non-hydrogen) atoms. The summed E-state index contributed by atoms with van der Waals surface area (Å²) >= 11 is 0. The van der Waals surface area contributed by atoms with Crippen LogP contribution >= 0.6 is 0 Å². The molecule has 0 aliphatic rings. The minimum absolute atomic E-state index is 0.0798. The number of amides is 1. The molecule has 156 valence electrons. The molecule has 4 N–H and O–H groups in total. The largest absolute Gasteiger partial charge is 0.481 e. The van der Waals surface area contributed by atoms with Crippen LogP contribution in [0.2, 0.25) is 0 Å². The Morgan fingerprint density at radius 3 is 2.50 bits per heavy atom. The summed E-state index contributed by atoms with van der Waals surface area (Å²) < 4.78 is 0. The third-order valence-corrected chi connectivity index (χ3v) is 4.78. The summed E-state index contributed by atoms with van der Waals surface area (Å²) in [5.74, 6) is -2.04. The molecule has 6 heteroatoms. The average Bonchev–Trinajstić information content (AvgIpc) is 2.66. The van der Waals surface area contributed by atoms with Gasteiger partial charge in [0.25, 0.3) is 0 Å². The van der Waals surface area contributed by atoms with Gasteiger partial charge in [-0.3, -0.25) is 9.59 Å². The van der Waals surface area contributed by atoms with Gasteiger partial charge in [0.1, 0.15) is 0 Å². The lowest BCUT2D eigenvalue weighted by Crippen LogP contribution is -2.24. The lowest BCUT2D eigenvalue weighted by molar-refractivity contribution is -0.143. The number of carbonyl (C=O) groups is 2. The van der Waals surface area contributed by atoms with E-state index in [0.29, 0.717) is 17.8 Å². The van der Waals surface area contributed by atoms with Crippen molar-refractivity contribution in [1.82, 2.24) is 0 Å². The van der Waals surface area contributed by atoms with E-state index in [9.17, 15) is 14.7 Å². The number of hydrogen-bond donors (Lipinski definition) is 3. The number of nitrogen functional groups attached to an aromatic ring is 1. The van der Waals surface area contributed by atoms with Gasteiger partial charge in [-0.15, -0.1) is 0 Å². The Morgan fingerprint density at radius 1 is 1.18 bits per heavy atom. The van der Waals surface area contributed by atoms with Gasteiger partial charge in [0.05, 0.1) is 17.3 Å². The Balaban J connectivity index is 2.69. The number of nitrogens with zero attached hydrogens (tertiary/aromatic N) is 1. The summed E-state index contributed by atoms with van der Waals surface area (Å²) in [6, 6.07) is 5.52. The molecule has 0 saturated heterocycles. The van der Waals surface area contributed by atoms with Crippen LogP contribution in [0.4, 0.5) is 17.1 Å². The number of aliphatic carboxylic acids is 1. The van der Waals surface area contributed by atoms with E-state index in [1.165, 1.54) is 6.42 Å². The number of carbonyl (C=O) groups excluding carboxylic acids is 1. The molecule has 6 nitrogen and oxygen atoms in total. The lowest BCUT2D eigenvalue weighted by Gasteiger charge is -2.22. The topological polar surface area (TPSA) is 95.7 Å². The number of hydrogen-bond acceptors (Lipinski definition) is 4. The van der Waals surface area contributed by atoms with Gasteiger partial charge < -0.3 is 21.1 Å². The third-order valence-electron chi connectivity index (χ3n) is 4.78. The van der Waals surface area contributed by atoms with Crippen molar-refractivity contribution in [3.63, 3.8) is 0 Å². The number of nitrogens with one attached hydrogen (secondary N) is 1. The van der Waals surface area contributed by atoms with Crippen LogP contribution in [-0.4, -0.2) is 30.1 Å². The van der Waals surface area contributed by atoms with Crippen LogP contribution in [-0.2, 0) is 9.59 Å². The first-order valence-corrected chi connectivity index (χ1v) is 10.2. The van der Waals surface area contributed by atoms with Crippen molar-refractivity contribution in [2.24, 2.45) is 5.92 Å². The first kappa shape index (κ1) is 23.5. The van der Waals surface area contributed by atoms with Gasteiger partial charge in [-0.05, 0) is 51.3 Å². The first-order valence-electron chi connectivity index (χ1n) is 10.2. The molecule has 1 unspecified atom stereocenters. The fourth-order valence-electron chi connectivity index (χ4n) is 3.02. The van der Waals surface area contributed by atoms with Gasteiger partial charge >= 0.3 is 5.97 Å². The molecule has 0 aliphatic heterocycles. The van der Waals surface area contributed by atoms with Crippen molar-refractivity contribution >= 4 is 28.9 Å². The highest BCUT2D eigenvalue weighted by molar-refractivity contribution is 5.96. The third kappa shape index (κ3) is 8.03. The Labute approximate surface area is 168 Å². The standard InChI is InChI=1S/C22H35N3O3/c1-4-7-8-9-10-11-12-17(22(27)28)15-21(26)24-20-16-18(13-14-19(20)23)25(5-2)6-3/h10-11,13-14,16-17H,4-9,12,15,23H2,1-3H3,(H,24,26)(H,27,28)/b11-10+. The Kier molecular flexibility index (Phi) is 10.8. The van der Waals surface area contributed by atoms with E-state index in [4.69, 9.17) is 5.73 Å². The van der Waals surface area contributed by atoms with Gasteiger partial charge in [0, 0.05) is 25.2 Å². The lowest BCUT2D eigenvalue weighted by atomic mass is 10.0. The predicted molar refractivity (Wildman–Crippen MR) is 117 cm³/mol. The summed E-state index contributed by atoms with van der Waals surface area (Å²) in [5, 5.41) is 12.2. The van der Waals surface area contributed by atoms with E-state index >= 15 is 0 Å². The van der Waals surface area contributed by atoms with Crippen LogP contribution in [0.15, 0.2) is 30.4 Å². The predicted octanol–water partition coefficient (Wildman–Crippen LogP) is 4.67. The zero-order chi connectivity index (χ0) is 20.9. The van der Waals surface area contributed by atoms with E-state index in [-0.39, 0.29) is 12.3 Å². The van der Waals surface area contributed by atoms with Crippen LogP contribution in [0.25, 0.3) is 0 Å². The van der Waals surface area contributed by atoms with Crippen LogP contribution < -0.4 is 16.0 Å². The summed E-state index contributed by atoms with van der Waals surface area (Å²) in [6.07, 6.45) is 8.53. The summed E-state index contributed by atoms with van der Waals surface area (Å²) in [5.41, 5.74) is 7.95. The Hall–Kier alpha value is -2.50. The second-order valence-corrected chi connectivity index (χ2v) is 6.93. The maximum Gasteiger partial charge on any atom is 0.307 e. The fraction of sp³-hybridized carbons (Fsp3) is 0.545. The molecule has 1 aromatic rings. The minimum Gasteiger partial charge on any atom is -0.481 e. The van der Waals surface area contributed by atoms with Crippen LogP contribution in [0.5, 0.6) is 0 Å². The molecule has 0 saturated carbocycles. The van der Waals surface area contributed by atoms with Crippen molar-refractivity contribution in [2.45, 2.75) is 59.3 Å². The molecule has 1 atom stereocenters. The number of nitrogens with two attached hydrogens (primary N) is 1. The van der Waals surface area contributed by atoms with Crippen molar-refractivity contribution < 1.29 is 14.7 Å². The molecule has 1 amide bonds. The maximum absolute atomic E-state index is 12.4. The summed E-state index contributed by atoms with van der Waals surface area (Å²) in [4.78, 5) is 26.1. The number of benzene rings is 1. The molecule has 0 fully saturated rings. The molecule has 1 rings (SSSR count). The van der Waals surface area contributed by atoms with Gasteiger partial charge in [-0.25, -0.2) is 0 Å². The molecule has 0 aromatic heterocycles. The number of rotatable bonds is 13. The monoisotopic (exact) mass is 389 g/mol. The van der Waals surface area contributed by atoms with E-state index in [1.54, 1.807) is 6.07 Å². The smallest absolute Gasteiger partial charge is 0.307 e. The van der Waals surface area contributed by atoms with Gasteiger partial charge in [0.2, 0.25) is 5.91 Å². The van der Waals surface area contributed by atoms with Crippen LogP contribution in [0, 0.1) is 5.92 Å². The molecule has 0 heterocycles. The maximum atomic E-state index is 12.4. The molecule has 0 spiro atoms. The number of unbranched alkanes of at least 4 members (excludes halogenated alkanes) is 3. The molecule has 0 aliphatic carbocycles. The summed E-state index contributed by atoms with van der Waals surface area (Å²) in [6.45, 7) is 7.96. The highest BCUT2D eigenvalue weighted by Gasteiger charge is 2.20. The number of carboxylic acids is 1. The number of carboxylic acid groups (broad SMARTS) is 1. The Bertz CT molecular complexity index is 654. The van der Waals surface area contributed by atoms with Crippen molar-refractivity contribution in [2.75, 3.05) is 29.0 Å². The van der Waals surface area contributed by atoms with E-state index in [1.807, 2.05) is 24.3 Å². The van der Waals surface area contributed by atoms with Gasteiger partial charge in [-0.2, -0.15) is 0 Å². The van der Waals surface area contributed by atoms with Crippen molar-refractivity contribution in [3.05, 3.63) is 30.4 Å². The van der Waals surface area contributed by atoms with E-state index < -0.39 is 11.9 Å². The minimum atomic E-state index is -0.960. The number of anilines is 3. The van der Waals surface area contributed by atoms with Crippen LogP contribution in [0.3, 0.4) is 0 Å². The molecule has 1 aromatic carbocycles. The van der Waals surface area contributed by atoms with Crippen molar-refractivity contribution in [1.29, 1.82) is 0 Å². The SMILES string of the molecule is CCCCC/C=C/CC(CC(=O)Nc1cc(N(CC)CC)ccc1N)C(=O)O. The van der Waals surface area contributed by atoms with Gasteiger partial charge in [-0.1, -0.05) is 31.9 Å². The average molecular weight is 390 g/mol. The molecule has 0 radical (unpaired) electrons. The number of allylic oxidation sites excluding steroid dienone is 2. The quantitative estimate of drug-likeness (QED) is 0.259. The van der Waals surface area contributed by atoms with E-state index in [0.717, 1.165) is 38.0 Å². The van der Waals surface area contributed by atoms with Crippen molar-refractivity contribution in [3.8, 4) is 0 Å². The molecular weight excluding hydrogens is 354 g/mol. The van der Waals surface area contributed by atoms with Crippen LogP contribution in [0.1, 0.15) is 59.3 Å². The zero-order valence-corrected chi connectivity index (χ0v) is 17.4. The second-order valence-electron chi connectivity index (χ2n) is 6.93. The summed E-state index contributed by atoms with van der Waals surface area (Å²) in [7, 11) is 0. The van der Waals surface area contributed by atoms with Gasteiger partial charge in [0.15, 0.2) is 0 Å².